The monoisotopic (exact) mass is 342 g/mol. The predicted molar refractivity (Wildman–Crippen MR) is 93.3 cm³/mol. The minimum Gasteiger partial charge on any atom is -0.295 e. The summed E-state index contributed by atoms with van der Waals surface area (Å²) in [6.07, 6.45) is 5.78. The molecule has 0 N–H and O–H groups in total. The number of aromatic nitrogens is 1. The van der Waals surface area contributed by atoms with Gasteiger partial charge in [-0.15, -0.1) is 0 Å². The van der Waals surface area contributed by atoms with E-state index in [-0.39, 0.29) is 23.7 Å². The molecule has 3 fully saturated rings. The van der Waals surface area contributed by atoms with Gasteiger partial charge in [0.25, 0.3) is 0 Å². The molecule has 6 nitrogen and oxygen atoms in total. The molecule has 134 valence electrons. The van der Waals surface area contributed by atoms with Crippen LogP contribution in [0.25, 0.3) is 0 Å². The van der Waals surface area contributed by atoms with Crippen LogP contribution in [0.1, 0.15) is 31.4 Å². The molecular formula is C19H26N4O2. The lowest BCUT2D eigenvalue weighted by molar-refractivity contribution is -0.142. The van der Waals surface area contributed by atoms with E-state index in [2.05, 4.69) is 20.9 Å². The quantitative estimate of drug-likeness (QED) is 0.773. The Hall–Kier alpha value is -1.79. The number of carbonyl (C=O) groups excluding carboxylic acids is 2. The molecule has 0 spiro atoms. The zero-order valence-corrected chi connectivity index (χ0v) is 14.6. The summed E-state index contributed by atoms with van der Waals surface area (Å²) in [6, 6.07) is 6.00. The smallest absolute Gasteiger partial charge is 0.234 e. The molecule has 0 radical (unpaired) electrons. The average molecular weight is 342 g/mol. The zero-order chi connectivity index (χ0) is 17.2. The summed E-state index contributed by atoms with van der Waals surface area (Å²) in [4.78, 5) is 35.7. The van der Waals surface area contributed by atoms with Gasteiger partial charge in [-0.2, -0.15) is 0 Å². The Bertz CT molecular complexity index is 604. The van der Waals surface area contributed by atoms with Gasteiger partial charge in [0.15, 0.2) is 0 Å². The first-order valence-corrected chi connectivity index (χ1v) is 9.42. The van der Waals surface area contributed by atoms with Crippen LogP contribution in [0.5, 0.6) is 0 Å². The third-order valence-corrected chi connectivity index (χ3v) is 5.85. The van der Waals surface area contributed by atoms with E-state index in [1.165, 1.54) is 4.90 Å². The van der Waals surface area contributed by atoms with Crippen LogP contribution >= 0.6 is 0 Å². The van der Waals surface area contributed by atoms with E-state index in [1.807, 2.05) is 18.3 Å². The number of hydrogen-bond donors (Lipinski definition) is 0. The minimum absolute atomic E-state index is 0.0355. The molecule has 3 heterocycles. The van der Waals surface area contributed by atoms with Crippen molar-refractivity contribution < 1.29 is 9.59 Å². The number of carbonyl (C=O) groups is 2. The fourth-order valence-corrected chi connectivity index (χ4v) is 4.38. The van der Waals surface area contributed by atoms with E-state index in [9.17, 15) is 9.59 Å². The summed E-state index contributed by atoms with van der Waals surface area (Å²) in [5, 5.41) is 0. The van der Waals surface area contributed by atoms with Crippen LogP contribution in [-0.2, 0) is 16.1 Å². The van der Waals surface area contributed by atoms with Crippen LogP contribution in [0.4, 0.5) is 0 Å². The van der Waals surface area contributed by atoms with Crippen molar-refractivity contribution in [3.63, 3.8) is 0 Å². The topological polar surface area (TPSA) is 56.8 Å². The summed E-state index contributed by atoms with van der Waals surface area (Å²) in [5.41, 5.74) is 1.09. The van der Waals surface area contributed by atoms with Gasteiger partial charge in [0, 0.05) is 38.9 Å². The number of pyridine rings is 1. The number of piperazine rings is 1. The third kappa shape index (κ3) is 3.46. The van der Waals surface area contributed by atoms with Gasteiger partial charge < -0.3 is 0 Å². The molecule has 1 aliphatic carbocycles. The van der Waals surface area contributed by atoms with E-state index in [1.54, 1.807) is 0 Å². The van der Waals surface area contributed by atoms with E-state index >= 15 is 0 Å². The Kier molecular flexibility index (Phi) is 4.81. The van der Waals surface area contributed by atoms with E-state index < -0.39 is 0 Å². The van der Waals surface area contributed by atoms with Crippen molar-refractivity contribution in [2.24, 2.45) is 11.8 Å². The van der Waals surface area contributed by atoms with Gasteiger partial charge in [-0.25, -0.2) is 0 Å². The van der Waals surface area contributed by atoms with Crippen LogP contribution in [0.2, 0.25) is 0 Å². The first-order valence-electron chi connectivity index (χ1n) is 9.42. The highest BCUT2D eigenvalue weighted by Crippen LogP contribution is 2.38. The Labute approximate surface area is 148 Å². The number of nitrogens with zero attached hydrogens (tertiary/aromatic N) is 4. The highest BCUT2D eigenvalue weighted by atomic mass is 16.2. The number of rotatable bonds is 4. The van der Waals surface area contributed by atoms with Gasteiger partial charge in [0.2, 0.25) is 11.8 Å². The molecule has 2 aliphatic heterocycles. The lowest BCUT2D eigenvalue weighted by Gasteiger charge is -2.36. The van der Waals surface area contributed by atoms with Crippen molar-refractivity contribution in [3.05, 3.63) is 30.1 Å². The maximum absolute atomic E-state index is 12.6. The fourth-order valence-electron chi connectivity index (χ4n) is 4.38. The maximum atomic E-state index is 12.6. The Balaban J connectivity index is 1.30. The average Bonchev–Trinajstić information content (AvgIpc) is 2.89. The van der Waals surface area contributed by atoms with Gasteiger partial charge >= 0.3 is 0 Å². The lowest BCUT2D eigenvalue weighted by Crippen LogP contribution is -2.51. The standard InChI is InChI=1S/C19H26N4O2/c24-18-16-6-1-2-7-17(16)19(25)23(18)14-22-11-9-21(10-12-22)13-15-5-3-4-8-20-15/h3-5,8,16-17H,1-2,6-7,9-14H2/t16-,17+. The Morgan fingerprint density at radius 2 is 1.56 bits per heavy atom. The molecule has 0 unspecified atom stereocenters. The summed E-state index contributed by atoms with van der Waals surface area (Å²) in [6.45, 7) is 5.00. The molecule has 1 aromatic rings. The van der Waals surface area contributed by atoms with Crippen molar-refractivity contribution in [2.75, 3.05) is 32.8 Å². The number of fused-ring (bicyclic) bond motifs is 1. The number of imide groups is 1. The zero-order valence-electron chi connectivity index (χ0n) is 14.6. The molecule has 2 atom stereocenters. The van der Waals surface area contributed by atoms with E-state index in [4.69, 9.17) is 0 Å². The van der Waals surface area contributed by atoms with Crippen molar-refractivity contribution in [1.29, 1.82) is 0 Å². The summed E-state index contributed by atoms with van der Waals surface area (Å²) >= 11 is 0. The van der Waals surface area contributed by atoms with Crippen molar-refractivity contribution in [2.45, 2.75) is 32.2 Å². The highest BCUT2D eigenvalue weighted by molar-refractivity contribution is 6.05. The molecule has 3 aliphatic rings. The van der Waals surface area contributed by atoms with Crippen molar-refractivity contribution >= 4 is 11.8 Å². The van der Waals surface area contributed by atoms with Gasteiger partial charge in [-0.1, -0.05) is 18.9 Å². The SMILES string of the molecule is O=C1[C@H]2CCCC[C@H]2C(=O)N1CN1CCN(Cc2ccccn2)CC1. The van der Waals surface area contributed by atoms with Crippen molar-refractivity contribution in [3.8, 4) is 0 Å². The molecule has 25 heavy (non-hydrogen) atoms. The highest BCUT2D eigenvalue weighted by Gasteiger charge is 2.48. The van der Waals surface area contributed by atoms with Crippen molar-refractivity contribution in [1.82, 2.24) is 19.7 Å². The van der Waals surface area contributed by atoms with Crippen LogP contribution in [0.3, 0.4) is 0 Å². The molecular weight excluding hydrogens is 316 g/mol. The number of hydrogen-bond acceptors (Lipinski definition) is 5. The molecule has 0 bridgehead atoms. The number of amides is 2. The Morgan fingerprint density at radius 1 is 0.920 bits per heavy atom. The van der Waals surface area contributed by atoms with E-state index in [0.717, 1.165) is 64.1 Å². The second-order valence-electron chi connectivity index (χ2n) is 7.46. The largest absolute Gasteiger partial charge is 0.295 e. The first-order chi connectivity index (χ1) is 12.2. The third-order valence-electron chi connectivity index (χ3n) is 5.85. The van der Waals surface area contributed by atoms with Crippen LogP contribution < -0.4 is 0 Å². The molecule has 6 heteroatoms. The summed E-state index contributed by atoms with van der Waals surface area (Å²) in [7, 11) is 0. The first kappa shape index (κ1) is 16.7. The number of likely N-dealkylation sites (tertiary alicyclic amines) is 1. The van der Waals surface area contributed by atoms with Gasteiger partial charge in [0.05, 0.1) is 24.2 Å². The van der Waals surface area contributed by atoms with Gasteiger partial charge in [-0.3, -0.25) is 29.3 Å². The van der Waals surface area contributed by atoms with Crippen LogP contribution in [-0.4, -0.2) is 64.3 Å². The predicted octanol–water partition coefficient (Wildman–Crippen LogP) is 1.33. The second-order valence-corrected chi connectivity index (χ2v) is 7.46. The fraction of sp³-hybridized carbons (Fsp3) is 0.632. The molecule has 2 amide bonds. The molecule has 0 aromatic carbocycles. The minimum atomic E-state index is -0.0355. The van der Waals surface area contributed by atoms with E-state index in [0.29, 0.717) is 6.67 Å². The normalized spacial score (nSPS) is 28.4. The van der Waals surface area contributed by atoms with Gasteiger partial charge in [-0.05, 0) is 25.0 Å². The summed E-state index contributed by atoms with van der Waals surface area (Å²) in [5.74, 6) is 0.0784. The second kappa shape index (κ2) is 7.22. The molecule has 4 rings (SSSR count). The lowest BCUT2D eigenvalue weighted by atomic mass is 9.81. The summed E-state index contributed by atoms with van der Waals surface area (Å²) < 4.78 is 0. The van der Waals surface area contributed by atoms with Gasteiger partial charge in [0.1, 0.15) is 0 Å². The van der Waals surface area contributed by atoms with Crippen LogP contribution in [0, 0.1) is 11.8 Å². The molecule has 2 saturated heterocycles. The Morgan fingerprint density at radius 3 is 2.16 bits per heavy atom. The molecule has 1 aromatic heterocycles. The molecule has 1 saturated carbocycles. The van der Waals surface area contributed by atoms with Crippen LogP contribution in [0.15, 0.2) is 24.4 Å². The maximum Gasteiger partial charge on any atom is 0.234 e.